The number of hydrogen-bond acceptors (Lipinski definition) is 9. The molecule has 1 aromatic heterocycles. The molecule has 0 spiro atoms. The van der Waals surface area contributed by atoms with Crippen molar-refractivity contribution in [2.75, 3.05) is 19.8 Å². The number of nitrogens with zero attached hydrogens (tertiary/aromatic N) is 2. The maximum Gasteiger partial charge on any atom is 0.338 e. The molecule has 0 saturated heterocycles. The van der Waals surface area contributed by atoms with Gasteiger partial charge in [-0.05, 0) is 45.9 Å². The molecule has 1 amide bonds. The molecule has 10 nitrogen and oxygen atoms in total. The van der Waals surface area contributed by atoms with Gasteiger partial charge in [-0.3, -0.25) is 4.79 Å². The highest BCUT2D eigenvalue weighted by molar-refractivity contribution is 7.89. The Morgan fingerprint density at radius 3 is 1.94 bits per heavy atom. The first-order chi connectivity index (χ1) is 15.1. The lowest BCUT2D eigenvalue weighted by atomic mass is 10.0. The summed E-state index contributed by atoms with van der Waals surface area (Å²) in [6.45, 7) is 5.45. The van der Waals surface area contributed by atoms with Gasteiger partial charge in [0.25, 0.3) is 15.9 Å². The normalized spacial score (nSPS) is 10.8. The fourth-order valence-corrected chi connectivity index (χ4v) is 4.46. The maximum absolute atomic E-state index is 13.3. The second kappa shape index (κ2) is 10.1. The van der Waals surface area contributed by atoms with Crippen LogP contribution in [0.25, 0.3) is 0 Å². The summed E-state index contributed by atoms with van der Waals surface area (Å²) >= 11 is 0. The molecule has 0 unspecified atom stereocenters. The third-order valence-corrected chi connectivity index (χ3v) is 6.15. The highest BCUT2D eigenvalue weighted by Crippen LogP contribution is 2.25. The summed E-state index contributed by atoms with van der Waals surface area (Å²) in [6.07, 6.45) is 5.31. The van der Waals surface area contributed by atoms with Gasteiger partial charge >= 0.3 is 11.9 Å². The van der Waals surface area contributed by atoms with Gasteiger partial charge in [-0.2, -0.15) is 0 Å². The zero-order chi connectivity index (χ0) is 24.1. The van der Waals surface area contributed by atoms with E-state index in [1.165, 1.54) is 19.9 Å². The van der Waals surface area contributed by atoms with Crippen molar-refractivity contribution in [2.45, 2.75) is 32.6 Å². The molecule has 32 heavy (non-hydrogen) atoms. The van der Waals surface area contributed by atoms with Crippen LogP contribution < -0.4 is 0 Å². The van der Waals surface area contributed by atoms with Gasteiger partial charge in [0.1, 0.15) is 5.69 Å². The Morgan fingerprint density at radius 2 is 1.53 bits per heavy atom. The van der Waals surface area contributed by atoms with Crippen LogP contribution in [-0.2, 0) is 19.5 Å². The van der Waals surface area contributed by atoms with Crippen LogP contribution in [0.3, 0.4) is 0 Å². The Bertz CT molecular complexity index is 1140. The van der Waals surface area contributed by atoms with E-state index in [4.69, 9.17) is 20.4 Å². The fraction of sp³-hybridized carbons (Fsp3) is 0.333. The summed E-state index contributed by atoms with van der Waals surface area (Å²) in [4.78, 5) is 37.5. The number of carbonyl (C=O) groups is 3. The van der Waals surface area contributed by atoms with Crippen molar-refractivity contribution in [3.05, 3.63) is 46.3 Å². The van der Waals surface area contributed by atoms with Crippen molar-refractivity contribution in [1.29, 1.82) is 0 Å². The molecule has 170 valence electrons. The molecule has 1 aromatic carbocycles. The summed E-state index contributed by atoms with van der Waals surface area (Å²) < 4.78 is 41.6. The first-order valence-corrected chi connectivity index (χ1v) is 10.9. The number of amides is 1. The Morgan fingerprint density at radius 1 is 1.03 bits per heavy atom. The van der Waals surface area contributed by atoms with E-state index in [0.717, 1.165) is 12.1 Å². The van der Waals surface area contributed by atoms with Crippen molar-refractivity contribution in [3.8, 4) is 12.3 Å². The number of hydrogen-bond donors (Lipinski definition) is 0. The quantitative estimate of drug-likeness (QED) is 0.427. The van der Waals surface area contributed by atoms with Gasteiger partial charge in [0.05, 0.1) is 30.9 Å². The summed E-state index contributed by atoms with van der Waals surface area (Å²) in [7, 11) is -4.46. The van der Waals surface area contributed by atoms with Crippen LogP contribution in [0.4, 0.5) is 0 Å². The predicted molar refractivity (Wildman–Crippen MR) is 111 cm³/mol. The second-order valence-electron chi connectivity index (χ2n) is 6.41. The highest BCUT2D eigenvalue weighted by atomic mass is 32.2. The molecule has 0 aliphatic heterocycles. The zero-order valence-corrected chi connectivity index (χ0v) is 18.8. The summed E-state index contributed by atoms with van der Waals surface area (Å²) in [5, 5.41) is 3.61. The molecule has 0 aliphatic carbocycles. The zero-order valence-electron chi connectivity index (χ0n) is 18.0. The van der Waals surface area contributed by atoms with Gasteiger partial charge in [0.2, 0.25) is 0 Å². The van der Waals surface area contributed by atoms with E-state index >= 15 is 0 Å². The Hall–Kier alpha value is -3.65. The summed E-state index contributed by atoms with van der Waals surface area (Å²) in [6, 6.07) is 3.44. The minimum Gasteiger partial charge on any atom is -0.462 e. The van der Waals surface area contributed by atoms with E-state index in [1.54, 1.807) is 13.8 Å². The van der Waals surface area contributed by atoms with Gasteiger partial charge in [-0.15, -0.1) is 6.42 Å². The molecule has 11 heteroatoms. The number of carbonyl (C=O) groups excluding carboxylic acids is 3. The lowest BCUT2D eigenvalue weighted by Crippen LogP contribution is -2.38. The van der Waals surface area contributed by atoms with Crippen LogP contribution in [0.1, 0.15) is 56.4 Å². The number of benzene rings is 1. The van der Waals surface area contributed by atoms with Gasteiger partial charge in [0.15, 0.2) is 10.7 Å². The molecule has 0 bridgehead atoms. The standard InChI is InChI=1S/C21H22N2O8S/c1-6-9-23(32(27,28)18-13(4)22-31-14(18)5)19(24)15-10-16(20(25)29-7-2)12-17(11-15)21(26)30-8-3/h1,10-12H,7-9H2,2-5H3. The average molecular weight is 462 g/mol. The smallest absolute Gasteiger partial charge is 0.338 e. The number of esters is 2. The van der Waals surface area contributed by atoms with E-state index in [0.29, 0.717) is 4.31 Å². The molecule has 0 saturated carbocycles. The van der Waals surface area contributed by atoms with Crippen molar-refractivity contribution in [3.63, 3.8) is 0 Å². The molecule has 0 aliphatic rings. The number of aryl methyl sites for hydroxylation is 2. The largest absolute Gasteiger partial charge is 0.462 e. The minimum atomic E-state index is -4.46. The van der Waals surface area contributed by atoms with Gasteiger partial charge in [-0.25, -0.2) is 22.3 Å². The van der Waals surface area contributed by atoms with E-state index in [1.807, 2.05) is 0 Å². The molecular weight excluding hydrogens is 440 g/mol. The maximum atomic E-state index is 13.3. The predicted octanol–water partition coefficient (Wildman–Crippen LogP) is 2.11. The van der Waals surface area contributed by atoms with Crippen LogP contribution in [0, 0.1) is 26.2 Å². The van der Waals surface area contributed by atoms with Gasteiger partial charge in [-0.1, -0.05) is 11.1 Å². The Kier molecular flexibility index (Phi) is 7.77. The van der Waals surface area contributed by atoms with E-state index in [9.17, 15) is 22.8 Å². The Labute approximate surface area is 185 Å². The molecule has 2 aromatic rings. The van der Waals surface area contributed by atoms with Crippen LogP contribution >= 0.6 is 0 Å². The van der Waals surface area contributed by atoms with Crippen LogP contribution in [-0.4, -0.2) is 55.5 Å². The first-order valence-electron chi connectivity index (χ1n) is 9.51. The fourth-order valence-electron chi connectivity index (χ4n) is 2.86. The lowest BCUT2D eigenvalue weighted by molar-refractivity contribution is 0.0525. The number of rotatable bonds is 8. The van der Waals surface area contributed by atoms with Crippen molar-refractivity contribution < 1.29 is 36.8 Å². The third kappa shape index (κ3) is 4.97. The third-order valence-electron chi connectivity index (χ3n) is 4.18. The van der Waals surface area contributed by atoms with E-state index in [2.05, 4.69) is 11.1 Å². The number of terminal acetylenes is 1. The molecule has 0 fully saturated rings. The monoisotopic (exact) mass is 462 g/mol. The molecule has 0 N–H and O–H groups in total. The SMILES string of the molecule is C#CCN(C(=O)c1cc(C(=O)OCC)cc(C(=O)OCC)c1)S(=O)(=O)c1c(C)noc1C. The molecule has 1 heterocycles. The van der Waals surface area contributed by atoms with E-state index < -0.39 is 34.4 Å². The van der Waals surface area contributed by atoms with Gasteiger partial charge < -0.3 is 14.0 Å². The van der Waals surface area contributed by atoms with Crippen LogP contribution in [0.15, 0.2) is 27.6 Å². The molecule has 0 radical (unpaired) electrons. The molecule has 0 atom stereocenters. The summed E-state index contributed by atoms with van der Waals surface area (Å²) in [5.41, 5.74) is -0.485. The minimum absolute atomic E-state index is 0.0233. The van der Waals surface area contributed by atoms with Crippen molar-refractivity contribution in [1.82, 2.24) is 9.46 Å². The molecule has 2 rings (SSSR count). The van der Waals surface area contributed by atoms with Crippen molar-refractivity contribution >= 4 is 27.9 Å². The second-order valence-corrected chi connectivity index (χ2v) is 8.21. The van der Waals surface area contributed by atoms with Crippen molar-refractivity contribution in [2.24, 2.45) is 0 Å². The topological polar surface area (TPSA) is 133 Å². The van der Waals surface area contributed by atoms with Gasteiger partial charge in [0, 0.05) is 5.56 Å². The molecular formula is C21H22N2O8S. The van der Waals surface area contributed by atoms with E-state index in [-0.39, 0.29) is 46.3 Å². The lowest BCUT2D eigenvalue weighted by Gasteiger charge is -2.20. The number of ether oxygens (including phenoxy) is 2. The van der Waals surface area contributed by atoms with Crippen LogP contribution in [0.5, 0.6) is 0 Å². The Balaban J connectivity index is 2.64. The number of sulfonamides is 1. The first kappa shape index (κ1) is 24.6. The summed E-state index contributed by atoms with van der Waals surface area (Å²) in [5.74, 6) is -0.549. The highest BCUT2D eigenvalue weighted by Gasteiger charge is 2.35. The van der Waals surface area contributed by atoms with Crippen LogP contribution in [0.2, 0.25) is 0 Å². The number of aromatic nitrogens is 1. The average Bonchev–Trinajstić information content (AvgIpc) is 3.10.